The molecule has 182 valence electrons. The highest BCUT2D eigenvalue weighted by molar-refractivity contribution is 6.04. The van der Waals surface area contributed by atoms with E-state index in [-0.39, 0.29) is 35.0 Å². The van der Waals surface area contributed by atoms with Crippen molar-refractivity contribution in [2.45, 2.75) is 64.6 Å². The van der Waals surface area contributed by atoms with E-state index in [9.17, 15) is 14.4 Å². The van der Waals surface area contributed by atoms with Gasteiger partial charge < -0.3 is 9.51 Å². The van der Waals surface area contributed by atoms with Gasteiger partial charge in [-0.05, 0) is 39.0 Å². The van der Waals surface area contributed by atoms with Gasteiger partial charge >= 0.3 is 5.69 Å². The lowest BCUT2D eigenvalue weighted by molar-refractivity contribution is 0.0947. The molecule has 2 aliphatic carbocycles. The molecule has 0 unspecified atom stereocenters. The lowest BCUT2D eigenvalue weighted by Gasteiger charge is -2.20. The Kier molecular flexibility index (Phi) is 4.80. The van der Waals surface area contributed by atoms with Crippen molar-refractivity contribution < 1.29 is 9.32 Å². The maximum Gasteiger partial charge on any atom is 0.333 e. The molecule has 2 saturated carbocycles. The van der Waals surface area contributed by atoms with Gasteiger partial charge in [0.25, 0.3) is 11.5 Å². The van der Waals surface area contributed by atoms with Crippen LogP contribution in [0.25, 0.3) is 22.7 Å². The zero-order chi connectivity index (χ0) is 24.4. The van der Waals surface area contributed by atoms with Crippen LogP contribution in [0.4, 0.5) is 5.82 Å². The first kappa shape index (κ1) is 21.6. The van der Waals surface area contributed by atoms with Crippen molar-refractivity contribution in [3.05, 3.63) is 44.4 Å². The van der Waals surface area contributed by atoms with Crippen molar-refractivity contribution in [1.29, 1.82) is 0 Å². The van der Waals surface area contributed by atoms with Crippen LogP contribution in [0.2, 0.25) is 0 Å². The van der Waals surface area contributed by atoms with Gasteiger partial charge in [0, 0.05) is 37.8 Å². The second kappa shape index (κ2) is 7.79. The van der Waals surface area contributed by atoms with Crippen LogP contribution in [0.3, 0.4) is 0 Å². The summed E-state index contributed by atoms with van der Waals surface area (Å²) in [4.78, 5) is 48.8. The molecule has 0 aliphatic heterocycles. The zero-order valence-corrected chi connectivity index (χ0v) is 19.8. The second-order valence-electron chi connectivity index (χ2n) is 9.37. The van der Waals surface area contributed by atoms with Gasteiger partial charge in [-0.1, -0.05) is 12.1 Å². The fourth-order valence-electron chi connectivity index (χ4n) is 4.51. The average Bonchev–Trinajstić information content (AvgIpc) is 3.72. The van der Waals surface area contributed by atoms with Gasteiger partial charge in [-0.3, -0.25) is 28.3 Å². The van der Waals surface area contributed by atoms with Crippen LogP contribution in [0.5, 0.6) is 0 Å². The number of imidazole rings is 1. The molecule has 0 aromatic carbocycles. The summed E-state index contributed by atoms with van der Waals surface area (Å²) in [6.07, 6.45) is 4.15. The Labute approximate surface area is 199 Å². The number of H-pyrrole nitrogens is 1. The predicted octanol–water partition coefficient (Wildman–Crippen LogP) is 2.14. The molecule has 12 nitrogen and oxygen atoms in total. The van der Waals surface area contributed by atoms with E-state index in [1.165, 1.54) is 4.57 Å². The number of nitrogens with one attached hydrogen (secondary N) is 1. The van der Waals surface area contributed by atoms with E-state index in [1.54, 1.807) is 40.3 Å². The monoisotopic (exact) mass is 478 g/mol. The molecule has 2 aliphatic rings. The van der Waals surface area contributed by atoms with Gasteiger partial charge in [-0.2, -0.15) is 5.10 Å². The first-order chi connectivity index (χ1) is 16.9. The molecule has 1 amide bonds. The van der Waals surface area contributed by atoms with Gasteiger partial charge in [0.1, 0.15) is 17.0 Å². The first-order valence-electron chi connectivity index (χ1n) is 11.9. The highest BCUT2D eigenvalue weighted by atomic mass is 16.5. The Hall–Kier alpha value is -3.96. The Balaban J connectivity index is 1.45. The number of carbonyl (C=O) groups is 1. The van der Waals surface area contributed by atoms with Crippen molar-refractivity contribution in [1.82, 2.24) is 34.0 Å². The molecular weight excluding hydrogens is 452 g/mol. The quantitative estimate of drug-likeness (QED) is 0.430. The summed E-state index contributed by atoms with van der Waals surface area (Å²) in [6.45, 7) is 4.20. The van der Waals surface area contributed by atoms with E-state index in [0.29, 0.717) is 40.7 Å². The SMILES string of the molecule is CCCn1c(=O)n(C2CC2)c(=O)c2[nH]c(-c3cc(N(C(=O)c4cc(C)no4)C4CC4)n(C)n3)nc21. The number of fused-ring (bicyclic) bond motifs is 1. The number of anilines is 1. The second-order valence-corrected chi connectivity index (χ2v) is 9.37. The molecule has 2 fully saturated rings. The number of rotatable bonds is 7. The number of hydrogen-bond donors (Lipinski definition) is 1. The third-order valence-corrected chi connectivity index (χ3v) is 6.48. The first-order valence-corrected chi connectivity index (χ1v) is 11.9. The third-order valence-electron chi connectivity index (χ3n) is 6.48. The Morgan fingerprint density at radius 3 is 2.63 bits per heavy atom. The Morgan fingerprint density at radius 1 is 1.23 bits per heavy atom. The minimum atomic E-state index is -0.356. The van der Waals surface area contributed by atoms with Gasteiger partial charge in [0.05, 0.1) is 5.69 Å². The summed E-state index contributed by atoms with van der Waals surface area (Å²) in [5.41, 5.74) is 1.04. The molecule has 12 heteroatoms. The van der Waals surface area contributed by atoms with Crippen LogP contribution in [0.15, 0.2) is 26.2 Å². The number of aromatic amines is 1. The number of amides is 1. The topological polar surface area (TPSA) is 137 Å². The molecule has 0 radical (unpaired) electrons. The minimum Gasteiger partial charge on any atom is -0.351 e. The summed E-state index contributed by atoms with van der Waals surface area (Å²) in [7, 11) is 1.75. The molecule has 0 saturated heterocycles. The summed E-state index contributed by atoms with van der Waals surface area (Å²) < 4.78 is 9.73. The maximum atomic E-state index is 13.2. The molecule has 0 bridgehead atoms. The maximum absolute atomic E-state index is 13.2. The van der Waals surface area contributed by atoms with Gasteiger partial charge in [-0.25, -0.2) is 9.78 Å². The van der Waals surface area contributed by atoms with E-state index >= 15 is 0 Å². The van der Waals surface area contributed by atoms with Gasteiger partial charge in [-0.15, -0.1) is 0 Å². The van der Waals surface area contributed by atoms with Crippen LogP contribution in [0, 0.1) is 6.92 Å². The van der Waals surface area contributed by atoms with E-state index < -0.39 is 0 Å². The molecular formula is C23H26N8O4. The predicted molar refractivity (Wildman–Crippen MR) is 126 cm³/mol. The lowest BCUT2D eigenvalue weighted by atomic mass is 10.3. The van der Waals surface area contributed by atoms with E-state index in [0.717, 1.165) is 32.1 Å². The Morgan fingerprint density at radius 2 is 2.00 bits per heavy atom. The third kappa shape index (κ3) is 3.51. The largest absolute Gasteiger partial charge is 0.351 e. The number of hydrogen-bond acceptors (Lipinski definition) is 7. The molecule has 4 aromatic heterocycles. The average molecular weight is 479 g/mol. The zero-order valence-electron chi connectivity index (χ0n) is 19.8. The number of aromatic nitrogens is 7. The summed E-state index contributed by atoms with van der Waals surface area (Å²) in [5.74, 6) is 0.847. The van der Waals surface area contributed by atoms with E-state index in [1.807, 2.05) is 6.92 Å². The fourth-order valence-corrected chi connectivity index (χ4v) is 4.51. The van der Waals surface area contributed by atoms with Crippen molar-refractivity contribution in [2.75, 3.05) is 4.90 Å². The van der Waals surface area contributed by atoms with Gasteiger partial charge in [0.2, 0.25) is 5.76 Å². The number of aryl methyl sites for hydroxylation is 3. The molecule has 35 heavy (non-hydrogen) atoms. The van der Waals surface area contributed by atoms with Crippen LogP contribution in [-0.4, -0.2) is 46.0 Å². The smallest absolute Gasteiger partial charge is 0.333 e. The molecule has 4 heterocycles. The van der Waals surface area contributed by atoms with Crippen molar-refractivity contribution >= 4 is 22.9 Å². The van der Waals surface area contributed by atoms with Crippen LogP contribution < -0.4 is 16.1 Å². The summed E-state index contributed by atoms with van der Waals surface area (Å²) in [5, 5.41) is 8.41. The van der Waals surface area contributed by atoms with Gasteiger partial charge in [0.15, 0.2) is 11.5 Å². The van der Waals surface area contributed by atoms with Crippen molar-refractivity contribution in [3.63, 3.8) is 0 Å². The summed E-state index contributed by atoms with van der Waals surface area (Å²) in [6, 6.07) is 3.38. The van der Waals surface area contributed by atoms with Crippen LogP contribution in [0.1, 0.15) is 61.3 Å². The molecule has 0 atom stereocenters. The number of carbonyl (C=O) groups excluding carboxylic acids is 1. The minimum absolute atomic E-state index is 0.0476. The normalized spacial score (nSPS) is 15.7. The highest BCUT2D eigenvalue weighted by Gasteiger charge is 2.38. The van der Waals surface area contributed by atoms with E-state index in [2.05, 4.69) is 20.2 Å². The fraction of sp³-hybridized carbons (Fsp3) is 0.478. The van der Waals surface area contributed by atoms with Crippen LogP contribution in [-0.2, 0) is 13.6 Å². The number of nitrogens with zero attached hydrogens (tertiary/aromatic N) is 7. The molecule has 0 spiro atoms. The highest BCUT2D eigenvalue weighted by Crippen LogP contribution is 2.35. The van der Waals surface area contributed by atoms with Crippen LogP contribution >= 0.6 is 0 Å². The standard InChI is InChI=1S/C23H26N8O4/c1-4-9-29-20-18(22(33)31(23(29)34)14-7-8-14)24-19(25-20)15-11-17(28(3)26-15)30(13-5-6-13)21(32)16-10-12(2)27-35-16/h10-11,13-14H,4-9H2,1-3H3,(H,24,25). The molecule has 4 aromatic rings. The van der Waals surface area contributed by atoms with Crippen molar-refractivity contribution in [2.24, 2.45) is 7.05 Å². The summed E-state index contributed by atoms with van der Waals surface area (Å²) >= 11 is 0. The lowest BCUT2D eigenvalue weighted by Crippen LogP contribution is -2.39. The Bertz CT molecular complexity index is 1580. The van der Waals surface area contributed by atoms with E-state index in [4.69, 9.17) is 4.52 Å². The molecule has 1 N–H and O–H groups in total. The van der Waals surface area contributed by atoms with Crippen molar-refractivity contribution in [3.8, 4) is 11.5 Å². The molecule has 6 rings (SSSR count).